The zero-order chi connectivity index (χ0) is 18.4. The van der Waals surface area contributed by atoms with E-state index in [4.69, 9.17) is 11.6 Å². The van der Waals surface area contributed by atoms with Crippen molar-refractivity contribution < 1.29 is 4.79 Å². The maximum atomic E-state index is 11.9. The molecular weight excluding hydrogens is 368 g/mol. The molecule has 1 aromatic heterocycles. The predicted octanol–water partition coefficient (Wildman–Crippen LogP) is 4.21. The number of benzene rings is 2. The maximum absolute atomic E-state index is 11.9. The fourth-order valence-corrected chi connectivity index (χ4v) is 3.31. The van der Waals surface area contributed by atoms with E-state index < -0.39 is 0 Å². The summed E-state index contributed by atoms with van der Waals surface area (Å²) in [5.74, 6) is 1.00. The molecule has 0 saturated heterocycles. The summed E-state index contributed by atoms with van der Waals surface area (Å²) in [7, 11) is 0. The van der Waals surface area contributed by atoms with E-state index in [-0.39, 0.29) is 5.91 Å². The van der Waals surface area contributed by atoms with Gasteiger partial charge in [0.2, 0.25) is 5.91 Å². The average Bonchev–Trinajstić information content (AvgIpc) is 3.10. The summed E-state index contributed by atoms with van der Waals surface area (Å²) in [5.41, 5.74) is 1.85. The van der Waals surface area contributed by atoms with E-state index in [0.717, 1.165) is 17.7 Å². The third kappa shape index (κ3) is 4.45. The van der Waals surface area contributed by atoms with Gasteiger partial charge in [-0.2, -0.15) is 0 Å². The molecule has 7 heteroatoms. The molecule has 0 radical (unpaired) electrons. The second-order valence-electron chi connectivity index (χ2n) is 5.62. The molecule has 26 heavy (non-hydrogen) atoms. The molecule has 1 amide bonds. The van der Waals surface area contributed by atoms with Crippen LogP contribution in [-0.4, -0.2) is 33.0 Å². The minimum Gasteiger partial charge on any atom is -0.355 e. The quantitative estimate of drug-likeness (QED) is 0.618. The lowest BCUT2D eigenvalue weighted by atomic mass is 10.2. The van der Waals surface area contributed by atoms with Crippen molar-refractivity contribution in [2.75, 3.05) is 12.3 Å². The SMILES string of the molecule is CCCNC(=O)CSc1nnc(-c2ccc(Cl)cc2)n1-c1ccccc1. The van der Waals surface area contributed by atoms with Gasteiger partial charge in [0.05, 0.1) is 5.75 Å². The van der Waals surface area contributed by atoms with Gasteiger partial charge in [-0.25, -0.2) is 0 Å². The standard InChI is InChI=1S/C19H19ClN4OS/c1-2-12-21-17(25)13-26-19-23-22-18(14-8-10-15(20)11-9-14)24(19)16-6-4-3-5-7-16/h3-11H,2,12-13H2,1H3,(H,21,25). The lowest BCUT2D eigenvalue weighted by molar-refractivity contribution is -0.118. The van der Waals surface area contributed by atoms with Crippen LogP contribution < -0.4 is 5.32 Å². The van der Waals surface area contributed by atoms with Crippen LogP contribution in [-0.2, 0) is 4.79 Å². The topological polar surface area (TPSA) is 59.8 Å². The largest absolute Gasteiger partial charge is 0.355 e. The lowest BCUT2D eigenvalue weighted by Crippen LogP contribution is -2.25. The zero-order valence-electron chi connectivity index (χ0n) is 14.4. The molecule has 0 aliphatic rings. The second-order valence-corrected chi connectivity index (χ2v) is 7.00. The molecule has 0 saturated carbocycles. The zero-order valence-corrected chi connectivity index (χ0v) is 15.9. The number of amides is 1. The summed E-state index contributed by atoms with van der Waals surface area (Å²) in [6, 6.07) is 17.3. The Bertz CT molecular complexity index is 865. The van der Waals surface area contributed by atoms with Gasteiger partial charge in [-0.15, -0.1) is 10.2 Å². The van der Waals surface area contributed by atoms with Gasteiger partial charge >= 0.3 is 0 Å². The summed E-state index contributed by atoms with van der Waals surface area (Å²) in [5, 5.41) is 12.9. The van der Waals surface area contributed by atoms with E-state index in [2.05, 4.69) is 15.5 Å². The Morgan fingerprint density at radius 2 is 1.85 bits per heavy atom. The normalized spacial score (nSPS) is 10.7. The summed E-state index contributed by atoms with van der Waals surface area (Å²) in [4.78, 5) is 11.9. The van der Waals surface area contributed by atoms with Gasteiger partial charge in [-0.1, -0.05) is 48.5 Å². The van der Waals surface area contributed by atoms with Crippen molar-refractivity contribution >= 4 is 29.3 Å². The number of nitrogens with zero attached hydrogens (tertiary/aromatic N) is 3. The number of halogens is 1. The molecule has 1 N–H and O–H groups in total. The van der Waals surface area contributed by atoms with Crippen LogP contribution in [0.3, 0.4) is 0 Å². The van der Waals surface area contributed by atoms with Crippen molar-refractivity contribution in [1.29, 1.82) is 0 Å². The minimum atomic E-state index is -0.00694. The molecule has 134 valence electrons. The fraction of sp³-hybridized carbons (Fsp3) is 0.211. The van der Waals surface area contributed by atoms with E-state index in [1.807, 2.05) is 66.1 Å². The van der Waals surface area contributed by atoms with Crippen LogP contribution in [0.4, 0.5) is 0 Å². The van der Waals surface area contributed by atoms with Crippen LogP contribution in [0, 0.1) is 0 Å². The van der Waals surface area contributed by atoms with Gasteiger partial charge in [0.1, 0.15) is 0 Å². The van der Waals surface area contributed by atoms with Gasteiger partial charge in [0.25, 0.3) is 0 Å². The number of hydrogen-bond donors (Lipinski definition) is 1. The highest BCUT2D eigenvalue weighted by atomic mass is 35.5. The molecule has 0 aliphatic heterocycles. The van der Waals surface area contributed by atoms with Crippen molar-refractivity contribution in [3.63, 3.8) is 0 Å². The number of carbonyl (C=O) groups excluding carboxylic acids is 1. The van der Waals surface area contributed by atoms with E-state index in [9.17, 15) is 4.79 Å². The predicted molar refractivity (Wildman–Crippen MR) is 106 cm³/mol. The van der Waals surface area contributed by atoms with Crippen LogP contribution in [0.5, 0.6) is 0 Å². The van der Waals surface area contributed by atoms with Gasteiger partial charge in [0, 0.05) is 22.8 Å². The van der Waals surface area contributed by atoms with Crippen LogP contribution >= 0.6 is 23.4 Å². The first-order valence-electron chi connectivity index (χ1n) is 8.35. The molecule has 0 fully saturated rings. The third-order valence-electron chi connectivity index (χ3n) is 3.65. The molecule has 0 unspecified atom stereocenters. The molecule has 1 heterocycles. The highest BCUT2D eigenvalue weighted by Crippen LogP contribution is 2.28. The number of thioether (sulfide) groups is 1. The van der Waals surface area contributed by atoms with Gasteiger partial charge in [-0.3, -0.25) is 9.36 Å². The van der Waals surface area contributed by atoms with Crippen molar-refractivity contribution in [3.8, 4) is 17.1 Å². The van der Waals surface area contributed by atoms with E-state index in [0.29, 0.717) is 28.3 Å². The van der Waals surface area contributed by atoms with Gasteiger partial charge in [0.15, 0.2) is 11.0 Å². The monoisotopic (exact) mass is 386 g/mol. The molecule has 0 aliphatic carbocycles. The van der Waals surface area contributed by atoms with Crippen LogP contribution in [0.1, 0.15) is 13.3 Å². The first-order valence-corrected chi connectivity index (χ1v) is 9.71. The number of para-hydroxylation sites is 1. The van der Waals surface area contributed by atoms with Crippen molar-refractivity contribution in [3.05, 3.63) is 59.6 Å². The average molecular weight is 387 g/mol. The Labute approximate surface area is 161 Å². The van der Waals surface area contributed by atoms with Crippen LogP contribution in [0.25, 0.3) is 17.1 Å². The van der Waals surface area contributed by atoms with Crippen molar-refractivity contribution in [2.45, 2.75) is 18.5 Å². The van der Waals surface area contributed by atoms with Crippen LogP contribution in [0.15, 0.2) is 59.8 Å². The summed E-state index contributed by atoms with van der Waals surface area (Å²) in [6.07, 6.45) is 0.914. The van der Waals surface area contributed by atoms with Gasteiger partial charge in [-0.05, 0) is 42.8 Å². The summed E-state index contributed by atoms with van der Waals surface area (Å²) >= 11 is 7.37. The first kappa shape index (κ1) is 18.5. The molecular formula is C19H19ClN4OS. The van der Waals surface area contributed by atoms with Crippen molar-refractivity contribution in [2.24, 2.45) is 0 Å². The third-order valence-corrected chi connectivity index (χ3v) is 4.84. The molecule has 2 aromatic carbocycles. The Hall–Kier alpha value is -2.31. The van der Waals surface area contributed by atoms with Crippen molar-refractivity contribution in [1.82, 2.24) is 20.1 Å². The Kier molecular flexibility index (Phi) is 6.30. The maximum Gasteiger partial charge on any atom is 0.230 e. The smallest absolute Gasteiger partial charge is 0.230 e. The number of hydrogen-bond acceptors (Lipinski definition) is 4. The van der Waals surface area contributed by atoms with Gasteiger partial charge < -0.3 is 5.32 Å². The second kappa shape index (κ2) is 8.87. The van der Waals surface area contributed by atoms with E-state index in [1.165, 1.54) is 11.8 Å². The first-order chi connectivity index (χ1) is 12.7. The van der Waals surface area contributed by atoms with E-state index in [1.54, 1.807) is 0 Å². The Morgan fingerprint density at radius 1 is 1.12 bits per heavy atom. The molecule has 5 nitrogen and oxygen atoms in total. The summed E-state index contributed by atoms with van der Waals surface area (Å²) < 4.78 is 1.96. The highest BCUT2D eigenvalue weighted by molar-refractivity contribution is 7.99. The summed E-state index contributed by atoms with van der Waals surface area (Å²) in [6.45, 7) is 2.71. The van der Waals surface area contributed by atoms with E-state index >= 15 is 0 Å². The highest BCUT2D eigenvalue weighted by Gasteiger charge is 2.17. The minimum absolute atomic E-state index is 0.00694. The molecule has 0 atom stereocenters. The number of aromatic nitrogens is 3. The Morgan fingerprint density at radius 3 is 2.54 bits per heavy atom. The number of carbonyl (C=O) groups is 1. The molecule has 3 aromatic rings. The molecule has 0 spiro atoms. The Balaban J connectivity index is 1.92. The van der Waals surface area contributed by atoms with Crippen LogP contribution in [0.2, 0.25) is 5.02 Å². The molecule has 3 rings (SSSR count). The fourth-order valence-electron chi connectivity index (χ4n) is 2.40. The lowest BCUT2D eigenvalue weighted by Gasteiger charge is -2.10. The number of rotatable bonds is 7. The number of nitrogens with one attached hydrogen (secondary N) is 1. The molecule has 0 bridgehead atoms.